The molecule has 1 heterocycles. The van der Waals surface area contributed by atoms with Gasteiger partial charge in [0.25, 0.3) is 0 Å². The summed E-state index contributed by atoms with van der Waals surface area (Å²) >= 11 is 5.70. The largest absolute Gasteiger partial charge is 0.489 e. The third-order valence-corrected chi connectivity index (χ3v) is 2.51. The van der Waals surface area contributed by atoms with Crippen molar-refractivity contribution >= 4 is 24.0 Å². The lowest BCUT2D eigenvalue weighted by molar-refractivity contribution is 0.305. The monoisotopic (exact) mass is 269 g/mol. The molecule has 17 heavy (non-hydrogen) atoms. The van der Waals surface area contributed by atoms with E-state index >= 15 is 0 Å². The Bertz CT molecular complexity index is 431. The molecule has 0 N–H and O–H groups in total. The van der Waals surface area contributed by atoms with Gasteiger partial charge in [-0.05, 0) is 23.8 Å². The molecule has 0 bridgehead atoms. The topological polar surface area (TPSA) is 22.1 Å². The second-order valence-electron chi connectivity index (χ2n) is 3.43. The van der Waals surface area contributed by atoms with Gasteiger partial charge < -0.3 is 4.74 Å². The van der Waals surface area contributed by atoms with Crippen molar-refractivity contribution in [2.45, 2.75) is 12.5 Å². The molecule has 4 heteroatoms. The second-order valence-corrected chi connectivity index (χ2v) is 3.69. The average molecular weight is 270 g/mol. The summed E-state index contributed by atoms with van der Waals surface area (Å²) in [6.45, 7) is 0.536. The van der Waals surface area contributed by atoms with E-state index in [1.54, 1.807) is 12.4 Å². The molecule has 0 aliphatic carbocycles. The maximum atomic E-state index is 5.70. The van der Waals surface area contributed by atoms with Crippen LogP contribution in [0.1, 0.15) is 11.1 Å². The predicted molar refractivity (Wildman–Crippen MR) is 71.8 cm³/mol. The Morgan fingerprint density at radius 1 is 1.06 bits per heavy atom. The molecule has 0 unspecified atom stereocenters. The van der Waals surface area contributed by atoms with Crippen molar-refractivity contribution in [3.8, 4) is 5.75 Å². The summed E-state index contributed by atoms with van der Waals surface area (Å²) in [5.74, 6) is 1.38. The van der Waals surface area contributed by atoms with Crippen LogP contribution >= 0.6 is 24.0 Å². The lowest BCUT2D eigenvalue weighted by Gasteiger charge is -2.06. The minimum absolute atomic E-state index is 0. The van der Waals surface area contributed by atoms with E-state index in [9.17, 15) is 0 Å². The van der Waals surface area contributed by atoms with Gasteiger partial charge in [-0.3, -0.25) is 4.98 Å². The summed E-state index contributed by atoms with van der Waals surface area (Å²) in [4.78, 5) is 4.03. The summed E-state index contributed by atoms with van der Waals surface area (Å²) in [5.41, 5.74) is 2.15. The Hall–Kier alpha value is -1.25. The highest BCUT2D eigenvalue weighted by atomic mass is 35.5. The fourth-order valence-corrected chi connectivity index (χ4v) is 1.50. The predicted octanol–water partition coefficient (Wildman–Crippen LogP) is 3.82. The van der Waals surface area contributed by atoms with E-state index in [1.165, 1.54) is 0 Å². The zero-order valence-electron chi connectivity index (χ0n) is 9.17. The van der Waals surface area contributed by atoms with Gasteiger partial charge in [0.05, 0.1) is 0 Å². The zero-order chi connectivity index (χ0) is 11.2. The number of ether oxygens (including phenoxy) is 1. The first-order valence-electron chi connectivity index (χ1n) is 5.05. The van der Waals surface area contributed by atoms with E-state index in [4.69, 9.17) is 16.3 Å². The first-order chi connectivity index (χ1) is 7.88. The van der Waals surface area contributed by atoms with Crippen molar-refractivity contribution in [3.05, 3.63) is 59.9 Å². The Labute approximate surface area is 112 Å². The molecule has 2 rings (SSSR count). The molecule has 0 amide bonds. The summed E-state index contributed by atoms with van der Waals surface area (Å²) in [6.07, 6.45) is 3.55. The highest BCUT2D eigenvalue weighted by Gasteiger charge is 1.96. The third kappa shape index (κ3) is 4.25. The van der Waals surface area contributed by atoms with Gasteiger partial charge in [-0.15, -0.1) is 24.0 Å². The number of rotatable bonds is 4. The maximum Gasteiger partial charge on any atom is 0.119 e. The number of alkyl halides is 1. The van der Waals surface area contributed by atoms with Crippen LogP contribution in [-0.4, -0.2) is 4.98 Å². The lowest BCUT2D eigenvalue weighted by atomic mass is 10.2. The summed E-state index contributed by atoms with van der Waals surface area (Å²) in [5, 5.41) is 0. The normalized spacial score (nSPS) is 9.47. The van der Waals surface area contributed by atoms with Gasteiger partial charge in [-0.2, -0.15) is 0 Å². The molecule has 2 nitrogen and oxygen atoms in total. The molecule has 0 radical (unpaired) electrons. The SMILES string of the molecule is Cl.ClCc1ccc(OCc2cccnc2)cc1. The van der Waals surface area contributed by atoms with Crippen LogP contribution in [0.25, 0.3) is 0 Å². The van der Waals surface area contributed by atoms with E-state index in [-0.39, 0.29) is 12.4 Å². The van der Waals surface area contributed by atoms with Crippen LogP contribution in [0, 0.1) is 0 Å². The first-order valence-corrected chi connectivity index (χ1v) is 5.58. The zero-order valence-corrected chi connectivity index (χ0v) is 10.7. The molecule has 0 saturated carbocycles. The van der Waals surface area contributed by atoms with E-state index in [2.05, 4.69) is 4.98 Å². The Morgan fingerprint density at radius 2 is 1.82 bits per heavy atom. The molecule has 0 aliphatic rings. The number of halogens is 2. The highest BCUT2D eigenvalue weighted by Crippen LogP contribution is 2.14. The molecule has 0 atom stereocenters. The van der Waals surface area contributed by atoms with E-state index in [0.717, 1.165) is 16.9 Å². The summed E-state index contributed by atoms with van der Waals surface area (Å²) in [7, 11) is 0. The van der Waals surface area contributed by atoms with E-state index in [0.29, 0.717) is 12.5 Å². The fraction of sp³-hybridized carbons (Fsp3) is 0.154. The molecule has 0 saturated heterocycles. The molecule has 1 aromatic heterocycles. The molecule has 2 aromatic rings. The number of pyridine rings is 1. The van der Waals surface area contributed by atoms with Crippen LogP contribution in [0.15, 0.2) is 48.8 Å². The second kappa shape index (κ2) is 7.15. The standard InChI is InChI=1S/C13H12ClNO.ClH/c14-8-11-3-5-13(6-4-11)16-10-12-2-1-7-15-9-12;/h1-7,9H,8,10H2;1H. The molecular weight excluding hydrogens is 257 g/mol. The molecule has 1 aromatic carbocycles. The van der Waals surface area contributed by atoms with Gasteiger partial charge in [0, 0.05) is 23.8 Å². The van der Waals surface area contributed by atoms with Crippen LogP contribution in [-0.2, 0) is 12.5 Å². The molecule has 0 spiro atoms. The third-order valence-electron chi connectivity index (χ3n) is 2.21. The van der Waals surface area contributed by atoms with Gasteiger partial charge in [-0.1, -0.05) is 18.2 Å². The fourth-order valence-electron chi connectivity index (χ4n) is 1.32. The maximum absolute atomic E-state index is 5.70. The Morgan fingerprint density at radius 3 is 2.41 bits per heavy atom. The summed E-state index contributed by atoms with van der Waals surface area (Å²) < 4.78 is 5.61. The first kappa shape index (κ1) is 13.8. The van der Waals surface area contributed by atoms with Crippen molar-refractivity contribution in [2.24, 2.45) is 0 Å². The molecule has 0 aliphatic heterocycles. The summed E-state index contributed by atoms with van der Waals surface area (Å²) in [6, 6.07) is 11.7. The minimum atomic E-state index is 0. The number of hydrogen-bond acceptors (Lipinski definition) is 2. The van der Waals surface area contributed by atoms with Crippen molar-refractivity contribution in [3.63, 3.8) is 0 Å². The van der Waals surface area contributed by atoms with Gasteiger partial charge in [-0.25, -0.2) is 0 Å². The van der Waals surface area contributed by atoms with Gasteiger partial charge in [0.1, 0.15) is 12.4 Å². The van der Waals surface area contributed by atoms with Crippen LogP contribution < -0.4 is 4.74 Å². The molecule has 90 valence electrons. The minimum Gasteiger partial charge on any atom is -0.489 e. The number of nitrogens with zero attached hydrogens (tertiary/aromatic N) is 1. The van der Waals surface area contributed by atoms with Crippen LogP contribution in [0.4, 0.5) is 0 Å². The number of aromatic nitrogens is 1. The number of hydrogen-bond donors (Lipinski definition) is 0. The highest BCUT2D eigenvalue weighted by molar-refractivity contribution is 6.17. The molecule has 0 fully saturated rings. The van der Waals surface area contributed by atoms with Crippen LogP contribution in [0.2, 0.25) is 0 Å². The molecular formula is C13H13Cl2NO. The smallest absolute Gasteiger partial charge is 0.119 e. The van der Waals surface area contributed by atoms with Crippen molar-refractivity contribution < 1.29 is 4.74 Å². The van der Waals surface area contributed by atoms with Crippen molar-refractivity contribution in [1.82, 2.24) is 4.98 Å². The lowest BCUT2D eigenvalue weighted by Crippen LogP contribution is -1.95. The average Bonchev–Trinajstić information content (AvgIpc) is 2.38. The van der Waals surface area contributed by atoms with E-state index < -0.39 is 0 Å². The van der Waals surface area contributed by atoms with Crippen molar-refractivity contribution in [1.29, 1.82) is 0 Å². The van der Waals surface area contributed by atoms with Gasteiger partial charge in [0.2, 0.25) is 0 Å². The van der Waals surface area contributed by atoms with E-state index in [1.807, 2.05) is 36.4 Å². The quantitative estimate of drug-likeness (QED) is 0.788. The number of benzene rings is 1. The van der Waals surface area contributed by atoms with Gasteiger partial charge >= 0.3 is 0 Å². The Kier molecular flexibility index (Phi) is 5.81. The Balaban J connectivity index is 0.00000144. The van der Waals surface area contributed by atoms with Gasteiger partial charge in [0.15, 0.2) is 0 Å². The van der Waals surface area contributed by atoms with Crippen molar-refractivity contribution in [2.75, 3.05) is 0 Å². The van der Waals surface area contributed by atoms with Crippen LogP contribution in [0.5, 0.6) is 5.75 Å². The van der Waals surface area contributed by atoms with Crippen LogP contribution in [0.3, 0.4) is 0 Å².